The van der Waals surface area contributed by atoms with Gasteiger partial charge in [-0.25, -0.2) is 4.39 Å². The minimum absolute atomic E-state index is 0.00442. The number of hydrogen-bond donors (Lipinski definition) is 3. The van der Waals surface area contributed by atoms with Crippen molar-refractivity contribution in [3.05, 3.63) is 101 Å². The molecule has 1 fully saturated rings. The van der Waals surface area contributed by atoms with E-state index in [9.17, 15) is 14.0 Å². The fourth-order valence-electron chi connectivity index (χ4n) is 5.69. The number of carbonyl (C=O) groups is 2. The zero-order valence-corrected chi connectivity index (χ0v) is 23.1. The molecule has 8 heteroatoms. The van der Waals surface area contributed by atoms with E-state index < -0.39 is 5.91 Å². The van der Waals surface area contributed by atoms with Crippen molar-refractivity contribution in [1.82, 2.24) is 14.8 Å². The monoisotopic (exact) mass is 549 g/mol. The van der Waals surface area contributed by atoms with E-state index in [-0.39, 0.29) is 11.7 Å². The van der Waals surface area contributed by atoms with Crippen LogP contribution in [0.1, 0.15) is 31.8 Å². The molecule has 4 aromatic carbocycles. The molecule has 0 atom stereocenters. The lowest BCUT2D eigenvalue weighted by molar-refractivity contribution is 0.0664. The summed E-state index contributed by atoms with van der Waals surface area (Å²) >= 11 is 0. The van der Waals surface area contributed by atoms with Crippen molar-refractivity contribution in [2.24, 2.45) is 5.73 Å². The molecule has 208 valence electrons. The molecule has 1 aliphatic rings. The van der Waals surface area contributed by atoms with Crippen molar-refractivity contribution in [1.29, 1.82) is 0 Å². The zero-order chi connectivity index (χ0) is 28.7. The van der Waals surface area contributed by atoms with Gasteiger partial charge in [0.15, 0.2) is 0 Å². The van der Waals surface area contributed by atoms with Crippen LogP contribution in [-0.4, -0.2) is 59.8 Å². The van der Waals surface area contributed by atoms with Gasteiger partial charge in [-0.15, -0.1) is 0 Å². The van der Waals surface area contributed by atoms with Crippen molar-refractivity contribution < 1.29 is 14.0 Å². The molecular formula is C33H32FN5O2. The van der Waals surface area contributed by atoms with E-state index in [1.165, 1.54) is 12.1 Å². The average Bonchev–Trinajstić information content (AvgIpc) is 3.36. The predicted molar refractivity (Wildman–Crippen MR) is 162 cm³/mol. The number of rotatable bonds is 6. The Morgan fingerprint density at radius 3 is 2.44 bits per heavy atom. The molecule has 0 saturated carbocycles. The maximum atomic E-state index is 13.3. The molecular weight excluding hydrogens is 517 g/mol. The van der Waals surface area contributed by atoms with Crippen LogP contribution in [0.5, 0.6) is 0 Å². The topological polar surface area (TPSA) is 94.5 Å². The van der Waals surface area contributed by atoms with Crippen LogP contribution in [0.2, 0.25) is 0 Å². The lowest BCUT2D eigenvalue weighted by Crippen LogP contribution is -2.47. The van der Waals surface area contributed by atoms with Crippen LogP contribution >= 0.6 is 0 Å². The van der Waals surface area contributed by atoms with Gasteiger partial charge in [0.2, 0.25) is 0 Å². The van der Waals surface area contributed by atoms with Gasteiger partial charge in [-0.2, -0.15) is 0 Å². The molecule has 0 bridgehead atoms. The van der Waals surface area contributed by atoms with E-state index in [2.05, 4.69) is 35.2 Å². The van der Waals surface area contributed by atoms with Crippen LogP contribution in [0.15, 0.2) is 72.8 Å². The minimum atomic E-state index is -0.520. The number of halogens is 1. The number of amides is 2. The van der Waals surface area contributed by atoms with Gasteiger partial charge in [0.25, 0.3) is 11.8 Å². The Bertz CT molecular complexity index is 1790. The van der Waals surface area contributed by atoms with Crippen LogP contribution in [0, 0.1) is 12.7 Å². The Morgan fingerprint density at radius 1 is 0.951 bits per heavy atom. The molecule has 0 radical (unpaired) electrons. The lowest BCUT2D eigenvalue weighted by Gasteiger charge is -2.32. The van der Waals surface area contributed by atoms with Gasteiger partial charge in [0.1, 0.15) is 5.82 Å². The molecule has 0 unspecified atom stereocenters. The molecule has 0 aliphatic carbocycles. The van der Waals surface area contributed by atoms with Crippen molar-refractivity contribution in [2.45, 2.75) is 13.5 Å². The summed E-state index contributed by atoms with van der Waals surface area (Å²) in [5.74, 6) is -0.775. The average molecular weight is 550 g/mol. The summed E-state index contributed by atoms with van der Waals surface area (Å²) in [5.41, 5.74) is 13.2. The van der Waals surface area contributed by atoms with E-state index in [0.29, 0.717) is 36.3 Å². The normalized spacial score (nSPS) is 14.1. The minimum Gasteiger partial charge on any atom is -0.381 e. The van der Waals surface area contributed by atoms with E-state index in [4.69, 9.17) is 5.73 Å². The fourth-order valence-corrected chi connectivity index (χ4v) is 5.69. The van der Waals surface area contributed by atoms with E-state index in [0.717, 1.165) is 57.3 Å². The highest BCUT2D eigenvalue weighted by molar-refractivity contribution is 6.20. The number of primary amides is 1. The first-order valence-corrected chi connectivity index (χ1v) is 13.7. The Labute approximate surface area is 237 Å². The third-order valence-corrected chi connectivity index (χ3v) is 8.08. The Balaban J connectivity index is 1.41. The molecule has 2 amide bonds. The van der Waals surface area contributed by atoms with Gasteiger partial charge in [-0.1, -0.05) is 36.4 Å². The summed E-state index contributed by atoms with van der Waals surface area (Å²) in [6, 6.07) is 21.9. The van der Waals surface area contributed by atoms with Gasteiger partial charge in [-0.05, 0) is 72.6 Å². The second-order valence-corrected chi connectivity index (χ2v) is 10.7. The third-order valence-electron chi connectivity index (χ3n) is 8.08. The number of H-pyrrole nitrogens is 1. The number of anilines is 1. The van der Waals surface area contributed by atoms with Gasteiger partial charge in [0.05, 0.1) is 11.1 Å². The van der Waals surface area contributed by atoms with E-state index in [1.54, 1.807) is 18.2 Å². The first-order valence-electron chi connectivity index (χ1n) is 13.7. The number of nitrogens with one attached hydrogen (secondary N) is 2. The molecule has 7 nitrogen and oxygen atoms in total. The summed E-state index contributed by atoms with van der Waals surface area (Å²) in [6.07, 6.45) is 0. The molecule has 0 spiro atoms. The van der Waals surface area contributed by atoms with Gasteiger partial charge in [0, 0.05) is 60.3 Å². The summed E-state index contributed by atoms with van der Waals surface area (Å²) < 4.78 is 13.3. The van der Waals surface area contributed by atoms with Crippen molar-refractivity contribution >= 4 is 39.3 Å². The highest BCUT2D eigenvalue weighted by Crippen LogP contribution is 2.39. The number of likely N-dealkylation sites (N-methyl/N-ethyl adjacent to an activating group) is 1. The highest BCUT2D eigenvalue weighted by atomic mass is 19.1. The summed E-state index contributed by atoms with van der Waals surface area (Å²) in [5, 5.41) is 5.27. The van der Waals surface area contributed by atoms with Crippen LogP contribution in [0.3, 0.4) is 0 Å². The molecule has 1 saturated heterocycles. The molecule has 41 heavy (non-hydrogen) atoms. The number of nitrogens with zero attached hydrogens (tertiary/aromatic N) is 2. The number of piperazine rings is 1. The first kappa shape index (κ1) is 26.5. The van der Waals surface area contributed by atoms with E-state index in [1.807, 2.05) is 41.3 Å². The standard InChI is InChI=1S/C33H32FN5O2/c1-20-24(4-3-5-28(20)36-19-21-6-9-23(34)10-7-21)25-12-13-27(32(35)40)31-30(25)26-11-8-22(18-29(26)37-31)33(41)39-16-14-38(2)15-17-39/h3-13,18,36-37H,14-17,19H2,1-2H3,(H2,35,40). The maximum absolute atomic E-state index is 13.3. The predicted octanol–water partition coefficient (Wildman–Crippen LogP) is 5.53. The molecule has 4 N–H and O–H groups in total. The Hall–Kier alpha value is -4.69. The SMILES string of the molecule is Cc1c(NCc2ccc(F)cc2)cccc1-c1ccc(C(N)=O)c2[nH]c3cc(C(=O)N4CCN(C)CC4)ccc3c12. The smallest absolute Gasteiger partial charge is 0.254 e. The zero-order valence-electron chi connectivity index (χ0n) is 23.1. The number of carbonyl (C=O) groups excluding carboxylic acids is 2. The summed E-state index contributed by atoms with van der Waals surface area (Å²) in [6.45, 7) is 5.70. The number of benzene rings is 4. The maximum Gasteiger partial charge on any atom is 0.254 e. The number of fused-ring (bicyclic) bond motifs is 3. The second kappa shape index (κ2) is 10.7. The molecule has 1 aromatic heterocycles. The third kappa shape index (κ3) is 5.02. The fraction of sp³-hybridized carbons (Fsp3) is 0.212. The highest BCUT2D eigenvalue weighted by Gasteiger charge is 2.23. The summed E-state index contributed by atoms with van der Waals surface area (Å²) in [4.78, 5) is 33.2. The van der Waals surface area contributed by atoms with E-state index >= 15 is 0 Å². The second-order valence-electron chi connectivity index (χ2n) is 10.7. The van der Waals surface area contributed by atoms with Crippen molar-refractivity contribution in [3.63, 3.8) is 0 Å². The van der Waals surface area contributed by atoms with Crippen molar-refractivity contribution in [3.8, 4) is 11.1 Å². The number of aromatic amines is 1. The van der Waals surface area contributed by atoms with Crippen LogP contribution in [0.25, 0.3) is 32.9 Å². The Morgan fingerprint density at radius 2 is 1.71 bits per heavy atom. The largest absolute Gasteiger partial charge is 0.381 e. The molecule has 5 aromatic rings. The van der Waals surface area contributed by atoms with Crippen LogP contribution < -0.4 is 11.1 Å². The summed E-state index contributed by atoms with van der Waals surface area (Å²) in [7, 11) is 2.06. The van der Waals surface area contributed by atoms with Crippen molar-refractivity contribution in [2.75, 3.05) is 38.5 Å². The number of aromatic nitrogens is 1. The molecule has 6 rings (SSSR count). The Kier molecular flexibility index (Phi) is 6.93. The molecule has 1 aliphatic heterocycles. The van der Waals surface area contributed by atoms with Crippen LogP contribution in [0.4, 0.5) is 10.1 Å². The van der Waals surface area contributed by atoms with Gasteiger partial charge >= 0.3 is 0 Å². The van der Waals surface area contributed by atoms with Crippen LogP contribution in [-0.2, 0) is 6.54 Å². The molecule has 2 heterocycles. The quantitative estimate of drug-likeness (QED) is 0.259. The van der Waals surface area contributed by atoms with Gasteiger partial charge < -0.3 is 25.8 Å². The first-order chi connectivity index (χ1) is 19.8. The number of hydrogen-bond acceptors (Lipinski definition) is 4. The number of nitrogens with two attached hydrogens (primary N) is 1. The van der Waals surface area contributed by atoms with Gasteiger partial charge in [-0.3, -0.25) is 9.59 Å². The lowest BCUT2D eigenvalue weighted by atomic mass is 9.93.